The van der Waals surface area contributed by atoms with Gasteiger partial charge < -0.3 is 18.9 Å². The van der Waals surface area contributed by atoms with Gasteiger partial charge in [0, 0.05) is 12.1 Å². The van der Waals surface area contributed by atoms with E-state index in [-0.39, 0.29) is 46.0 Å². The Morgan fingerprint density at radius 3 is 0.812 bits per heavy atom. The van der Waals surface area contributed by atoms with Crippen molar-refractivity contribution in [2.24, 2.45) is 0 Å². The number of hydrogen-bond acceptors (Lipinski definition) is 12. The van der Waals surface area contributed by atoms with Gasteiger partial charge in [0.15, 0.2) is 0 Å². The zero-order valence-corrected chi connectivity index (χ0v) is 23.9. The van der Waals surface area contributed by atoms with E-state index in [1.165, 1.54) is 48.5 Å². The average molecular weight is 648 g/mol. The van der Waals surface area contributed by atoms with Gasteiger partial charge in [-0.15, -0.1) is 0 Å². The van der Waals surface area contributed by atoms with Gasteiger partial charge in [0.2, 0.25) is 23.0 Å². The predicted molar refractivity (Wildman–Crippen MR) is 168 cm³/mol. The highest BCUT2D eigenvalue weighted by Crippen LogP contribution is 2.45. The molecule has 48 heavy (non-hydrogen) atoms. The molecule has 0 spiro atoms. The van der Waals surface area contributed by atoms with E-state index in [1.54, 1.807) is 24.3 Å². The summed E-state index contributed by atoms with van der Waals surface area (Å²) < 4.78 is 23.5. The maximum absolute atomic E-state index is 12.0. The second kappa shape index (κ2) is 11.2. The Bertz CT molecular complexity index is 2080. The molecule has 236 valence electrons. The van der Waals surface area contributed by atoms with E-state index in [2.05, 4.69) is 0 Å². The van der Waals surface area contributed by atoms with E-state index < -0.39 is 42.4 Å². The van der Waals surface area contributed by atoms with E-state index in [0.29, 0.717) is 21.5 Å². The summed E-state index contributed by atoms with van der Waals surface area (Å²) >= 11 is 0. The van der Waals surface area contributed by atoms with Crippen molar-refractivity contribution in [3.8, 4) is 46.0 Å². The Kier molecular flexibility index (Phi) is 6.86. The summed E-state index contributed by atoms with van der Waals surface area (Å²) in [5.74, 6) is -0.946. The van der Waals surface area contributed by atoms with Crippen LogP contribution in [0.1, 0.15) is 0 Å². The Morgan fingerprint density at radius 2 is 0.583 bits per heavy atom. The van der Waals surface area contributed by atoms with Crippen molar-refractivity contribution in [2.45, 2.75) is 0 Å². The van der Waals surface area contributed by atoms with Crippen LogP contribution in [-0.2, 0) is 0 Å². The third-order valence-corrected chi connectivity index (χ3v) is 7.35. The minimum absolute atomic E-state index is 0.104. The second-order valence-corrected chi connectivity index (χ2v) is 10.4. The topological polar surface area (TPSA) is 209 Å². The van der Waals surface area contributed by atoms with Gasteiger partial charge in [-0.2, -0.15) is 0 Å². The maximum atomic E-state index is 12.0. The van der Waals surface area contributed by atoms with Crippen LogP contribution in [0.2, 0.25) is 0 Å². The van der Waals surface area contributed by atoms with Crippen molar-refractivity contribution >= 4 is 44.3 Å². The van der Waals surface area contributed by atoms with Gasteiger partial charge in [0.05, 0.1) is 19.7 Å². The number of rotatable bonds is 4. The first-order valence-electron chi connectivity index (χ1n) is 13.7. The summed E-state index contributed by atoms with van der Waals surface area (Å²) in [6.45, 7) is 0. The normalized spacial score (nSPS) is 11.8. The first-order valence-corrected chi connectivity index (χ1v) is 13.7. The molecule has 16 heteroatoms. The number of fused-ring (bicyclic) bond motifs is 8. The fourth-order valence-corrected chi connectivity index (χ4v) is 5.14. The Labute approximate surface area is 266 Å². The van der Waals surface area contributed by atoms with E-state index in [1.807, 2.05) is 0 Å². The van der Waals surface area contributed by atoms with E-state index in [9.17, 15) is 40.5 Å². The van der Waals surface area contributed by atoms with Crippen LogP contribution in [0.4, 0.5) is 22.7 Å². The minimum atomic E-state index is -0.819. The molecule has 6 aromatic rings. The number of nitro benzene ring substituents is 4. The van der Waals surface area contributed by atoms with Crippen LogP contribution in [0.5, 0.6) is 46.0 Å². The third-order valence-electron chi connectivity index (χ3n) is 7.35. The summed E-state index contributed by atoms with van der Waals surface area (Å²) in [7, 11) is 0. The number of nitro groups is 4. The van der Waals surface area contributed by atoms with Crippen LogP contribution >= 0.6 is 0 Å². The van der Waals surface area contributed by atoms with Gasteiger partial charge in [-0.3, -0.25) is 40.5 Å². The highest BCUT2D eigenvalue weighted by molar-refractivity contribution is 5.86. The molecule has 6 aromatic carbocycles. The van der Waals surface area contributed by atoms with Crippen LogP contribution in [0.15, 0.2) is 97.1 Å². The number of hydrogen-bond donors (Lipinski definition) is 0. The fourth-order valence-electron chi connectivity index (χ4n) is 5.14. The van der Waals surface area contributed by atoms with Gasteiger partial charge in [0.25, 0.3) is 0 Å². The molecule has 10 bridgehead atoms. The Hall–Kier alpha value is -7.36. The van der Waals surface area contributed by atoms with Gasteiger partial charge in [-0.1, -0.05) is 24.3 Å². The molecule has 0 fully saturated rings. The van der Waals surface area contributed by atoms with Crippen LogP contribution in [0.3, 0.4) is 0 Å². The first kappa shape index (κ1) is 29.4. The molecule has 1 aliphatic heterocycles. The van der Waals surface area contributed by atoms with Crippen LogP contribution < -0.4 is 18.9 Å². The standard InChI is InChI=1S/C32H16N4O12/c37-33(38)25-13-26(34(39)40)30-15-29(25)45-21-5-1-17-2-6-22(10-19(17)9-21)46-31-16-32(28(36(43)44)14-27(31)35(41)42)48-24-8-4-18-3-7-23(47-30)11-20(18)12-24/h1-16H. The van der Waals surface area contributed by atoms with Crippen molar-refractivity contribution in [1.29, 1.82) is 0 Å². The first-order chi connectivity index (χ1) is 23.0. The molecule has 1 aliphatic rings. The number of nitrogens with zero attached hydrogens (tertiary/aromatic N) is 4. The molecule has 0 radical (unpaired) electrons. The van der Waals surface area contributed by atoms with Crippen molar-refractivity contribution in [3.63, 3.8) is 0 Å². The third kappa shape index (κ3) is 5.40. The zero-order chi connectivity index (χ0) is 33.7. The molecule has 0 atom stereocenters. The van der Waals surface area contributed by atoms with Crippen molar-refractivity contribution < 1.29 is 38.6 Å². The van der Waals surface area contributed by atoms with Gasteiger partial charge in [0.1, 0.15) is 35.1 Å². The Balaban J connectivity index is 1.47. The van der Waals surface area contributed by atoms with Crippen LogP contribution in [-0.4, -0.2) is 19.7 Å². The van der Waals surface area contributed by atoms with Gasteiger partial charge in [-0.05, 0) is 70.1 Å². The maximum Gasteiger partial charge on any atom is 0.318 e. The summed E-state index contributed by atoms with van der Waals surface area (Å²) in [5, 5.41) is 50.1. The highest BCUT2D eigenvalue weighted by Gasteiger charge is 2.29. The van der Waals surface area contributed by atoms with E-state index >= 15 is 0 Å². The predicted octanol–water partition coefficient (Wildman–Crippen LogP) is 9.11. The zero-order valence-electron chi connectivity index (χ0n) is 23.9. The van der Waals surface area contributed by atoms with Gasteiger partial charge >= 0.3 is 22.7 Å². The largest absolute Gasteiger partial charge is 0.450 e. The Morgan fingerprint density at radius 1 is 0.333 bits per heavy atom. The molecule has 0 amide bonds. The quantitative estimate of drug-likeness (QED) is 0.129. The summed E-state index contributed by atoms with van der Waals surface area (Å²) in [6, 6.07) is 22.2. The monoisotopic (exact) mass is 648 g/mol. The summed E-state index contributed by atoms with van der Waals surface area (Å²) in [6.07, 6.45) is 0. The molecule has 0 unspecified atom stereocenters. The molecule has 16 nitrogen and oxygen atoms in total. The second-order valence-electron chi connectivity index (χ2n) is 10.4. The average Bonchev–Trinajstić information content (AvgIpc) is 3.03. The SMILES string of the molecule is O=[N+]([O-])c1cc([N+](=O)[O-])c2cc1Oc1ccc3ccc(cc3c1)Oc1cc(c([N+](=O)[O-])cc1[N+](=O)[O-])Oc1ccc3ccc(cc3c1)O2. The lowest BCUT2D eigenvalue weighted by molar-refractivity contribution is -0.395. The lowest BCUT2D eigenvalue weighted by Crippen LogP contribution is -2.00. The van der Waals surface area contributed by atoms with Gasteiger partial charge in [-0.25, -0.2) is 0 Å². The lowest BCUT2D eigenvalue weighted by atomic mass is 10.1. The molecule has 7 rings (SSSR count). The summed E-state index contributed by atoms with van der Waals surface area (Å²) in [4.78, 5) is 44.5. The molecule has 0 saturated carbocycles. The molecule has 1 heterocycles. The highest BCUT2D eigenvalue weighted by atomic mass is 16.6. The summed E-state index contributed by atoms with van der Waals surface area (Å²) in [5.41, 5.74) is -2.74. The molecule has 0 aliphatic carbocycles. The molecule has 0 saturated heterocycles. The van der Waals surface area contributed by atoms with E-state index in [0.717, 1.165) is 24.3 Å². The number of benzene rings is 6. The van der Waals surface area contributed by atoms with Crippen molar-refractivity contribution in [1.82, 2.24) is 0 Å². The molecule has 0 N–H and O–H groups in total. The van der Waals surface area contributed by atoms with Crippen LogP contribution in [0, 0.1) is 40.5 Å². The smallest absolute Gasteiger partial charge is 0.318 e. The lowest BCUT2D eigenvalue weighted by Gasteiger charge is -2.13. The van der Waals surface area contributed by atoms with Crippen molar-refractivity contribution in [2.75, 3.05) is 0 Å². The molecule has 0 aromatic heterocycles. The molecular weight excluding hydrogens is 632 g/mol. The van der Waals surface area contributed by atoms with Crippen molar-refractivity contribution in [3.05, 3.63) is 138 Å². The van der Waals surface area contributed by atoms with E-state index in [4.69, 9.17) is 18.9 Å². The van der Waals surface area contributed by atoms with Crippen LogP contribution in [0.25, 0.3) is 21.5 Å². The minimum Gasteiger partial charge on any atom is -0.450 e. The molecular formula is C32H16N4O12. The fraction of sp³-hybridized carbons (Fsp3) is 0. The number of ether oxygens (including phenoxy) is 4.